The van der Waals surface area contributed by atoms with Gasteiger partial charge in [0.1, 0.15) is 5.69 Å². The number of rotatable bonds is 3. The predicted octanol–water partition coefficient (Wildman–Crippen LogP) is 4.84. The molecule has 0 saturated carbocycles. The number of hydrogen-bond acceptors (Lipinski definition) is 3. The molecule has 1 saturated heterocycles. The number of aromatic amines is 1. The van der Waals surface area contributed by atoms with Crippen LogP contribution >= 0.6 is 11.6 Å². The second kappa shape index (κ2) is 7.85. The summed E-state index contributed by atoms with van der Waals surface area (Å²) in [5, 5.41) is 3.87. The summed E-state index contributed by atoms with van der Waals surface area (Å²) < 4.78 is 39.9. The number of carbonyl (C=O) groups is 1. The lowest BCUT2D eigenvalue weighted by molar-refractivity contribution is -0.137. The van der Waals surface area contributed by atoms with Crippen LogP contribution in [0.25, 0.3) is 10.9 Å². The number of halogens is 4. The molecule has 0 atom stereocenters. The highest BCUT2D eigenvalue weighted by Crippen LogP contribution is 2.36. The van der Waals surface area contributed by atoms with Gasteiger partial charge < -0.3 is 20.1 Å². The Morgan fingerprint density at radius 3 is 2.50 bits per heavy atom. The molecule has 0 bridgehead atoms. The summed E-state index contributed by atoms with van der Waals surface area (Å²) in [6.07, 6.45) is -4.51. The van der Waals surface area contributed by atoms with E-state index in [0.29, 0.717) is 29.3 Å². The van der Waals surface area contributed by atoms with Gasteiger partial charge in [0.25, 0.3) is 5.91 Å². The highest BCUT2D eigenvalue weighted by Gasteiger charge is 2.32. The fourth-order valence-electron chi connectivity index (χ4n) is 3.57. The maximum absolute atomic E-state index is 13.3. The average Bonchev–Trinajstić information content (AvgIpc) is 3.14. The number of H-pyrrole nitrogens is 1. The van der Waals surface area contributed by atoms with E-state index in [2.05, 4.69) is 15.2 Å². The summed E-state index contributed by atoms with van der Waals surface area (Å²) in [5.41, 5.74) is 0.714. The maximum atomic E-state index is 13.3. The molecule has 2 N–H and O–H groups in total. The number of fused-ring (bicyclic) bond motifs is 1. The normalized spacial score (nSPS) is 15.6. The Balaban J connectivity index is 1.68. The van der Waals surface area contributed by atoms with Crippen LogP contribution in [0, 0.1) is 0 Å². The number of amides is 1. The van der Waals surface area contributed by atoms with Crippen molar-refractivity contribution in [3.05, 3.63) is 58.7 Å². The highest BCUT2D eigenvalue weighted by molar-refractivity contribution is 6.35. The second-order valence-corrected chi connectivity index (χ2v) is 7.77. The van der Waals surface area contributed by atoms with Crippen molar-refractivity contribution >= 4 is 39.8 Å². The fourth-order valence-corrected chi connectivity index (χ4v) is 3.80. The monoisotopic (exact) mass is 436 g/mol. The molecule has 0 radical (unpaired) electrons. The quantitative estimate of drug-likeness (QED) is 0.617. The van der Waals surface area contributed by atoms with Crippen molar-refractivity contribution in [2.45, 2.75) is 6.18 Å². The molecule has 0 spiro atoms. The van der Waals surface area contributed by atoms with Crippen LogP contribution in [0.5, 0.6) is 0 Å². The van der Waals surface area contributed by atoms with Gasteiger partial charge in [-0.3, -0.25) is 4.79 Å². The molecule has 9 heteroatoms. The third kappa shape index (κ3) is 4.11. The topological polar surface area (TPSA) is 51.4 Å². The van der Waals surface area contributed by atoms with Crippen LogP contribution in [0.4, 0.5) is 24.5 Å². The van der Waals surface area contributed by atoms with E-state index in [1.165, 1.54) is 6.07 Å². The molecule has 0 aliphatic carbocycles. The number of piperazine rings is 1. The van der Waals surface area contributed by atoms with Crippen molar-refractivity contribution in [1.29, 1.82) is 0 Å². The van der Waals surface area contributed by atoms with Crippen molar-refractivity contribution < 1.29 is 18.0 Å². The minimum absolute atomic E-state index is 0.129. The summed E-state index contributed by atoms with van der Waals surface area (Å²) >= 11 is 6.15. The van der Waals surface area contributed by atoms with Gasteiger partial charge in [-0.25, -0.2) is 0 Å². The van der Waals surface area contributed by atoms with Crippen LogP contribution in [-0.4, -0.2) is 49.0 Å². The maximum Gasteiger partial charge on any atom is 0.416 e. The van der Waals surface area contributed by atoms with E-state index in [9.17, 15) is 18.0 Å². The molecule has 0 unspecified atom stereocenters. The molecular formula is C21H20ClF3N4O. The number of nitrogens with zero attached hydrogens (tertiary/aromatic N) is 2. The first kappa shape index (κ1) is 20.6. The molecule has 1 aromatic heterocycles. The van der Waals surface area contributed by atoms with Gasteiger partial charge in [-0.05, 0) is 37.4 Å². The van der Waals surface area contributed by atoms with Gasteiger partial charge >= 0.3 is 6.18 Å². The van der Waals surface area contributed by atoms with Crippen molar-refractivity contribution in [2.24, 2.45) is 0 Å². The summed E-state index contributed by atoms with van der Waals surface area (Å²) in [6.45, 7) is 2.89. The van der Waals surface area contributed by atoms with Crippen LogP contribution in [0.2, 0.25) is 5.02 Å². The highest BCUT2D eigenvalue weighted by atomic mass is 35.5. The Bertz CT molecular complexity index is 1090. The molecule has 30 heavy (non-hydrogen) atoms. The van der Waals surface area contributed by atoms with Crippen molar-refractivity contribution in [3.8, 4) is 0 Å². The summed E-state index contributed by atoms with van der Waals surface area (Å²) in [7, 11) is 1.99. The van der Waals surface area contributed by atoms with Crippen LogP contribution in [0.3, 0.4) is 0 Å². The number of likely N-dealkylation sites (N-methyl/N-ethyl adjacent to an activating group) is 1. The molecule has 2 aromatic carbocycles. The van der Waals surface area contributed by atoms with Crippen LogP contribution in [0.1, 0.15) is 16.1 Å². The molecule has 1 aliphatic rings. The molecule has 5 nitrogen and oxygen atoms in total. The Morgan fingerprint density at radius 2 is 1.83 bits per heavy atom. The van der Waals surface area contributed by atoms with Crippen molar-refractivity contribution in [2.75, 3.05) is 43.4 Å². The molecule has 3 aromatic rings. The zero-order valence-corrected chi connectivity index (χ0v) is 16.9. The fraction of sp³-hybridized carbons (Fsp3) is 0.286. The first-order chi connectivity index (χ1) is 14.2. The van der Waals surface area contributed by atoms with Crippen molar-refractivity contribution in [1.82, 2.24) is 9.88 Å². The van der Waals surface area contributed by atoms with Gasteiger partial charge in [0.2, 0.25) is 0 Å². The lowest BCUT2D eigenvalue weighted by Crippen LogP contribution is -2.44. The van der Waals surface area contributed by atoms with Crippen LogP contribution < -0.4 is 10.2 Å². The zero-order valence-electron chi connectivity index (χ0n) is 16.2. The van der Waals surface area contributed by atoms with Gasteiger partial charge in [0, 0.05) is 31.6 Å². The van der Waals surface area contributed by atoms with Gasteiger partial charge in [-0.15, -0.1) is 0 Å². The number of nitrogens with one attached hydrogen (secondary N) is 2. The van der Waals surface area contributed by atoms with E-state index in [-0.39, 0.29) is 11.4 Å². The Hall–Kier alpha value is -2.71. The number of hydrogen-bond donors (Lipinski definition) is 2. The Labute approximate surface area is 176 Å². The minimum atomic E-state index is -4.51. The van der Waals surface area contributed by atoms with Gasteiger partial charge in [0.15, 0.2) is 0 Å². The molecule has 158 valence electrons. The van der Waals surface area contributed by atoms with E-state index in [0.717, 1.165) is 30.6 Å². The standard InChI is InChI=1S/C21H20ClF3N4O/c1-28-7-9-29(10-8-28)18-6-5-14(21(23,24)25)12-16(18)27-20(30)17-11-13-3-2-4-15(22)19(13)26-17/h2-6,11-12,26H,7-10H2,1H3,(H,27,30). The molecule has 4 rings (SSSR count). The molecule has 2 heterocycles. The zero-order chi connectivity index (χ0) is 21.5. The number of carbonyl (C=O) groups excluding carboxylic acids is 1. The molecular weight excluding hydrogens is 417 g/mol. The van der Waals surface area contributed by atoms with Gasteiger partial charge in [-0.2, -0.15) is 13.2 Å². The third-order valence-corrected chi connectivity index (χ3v) is 5.58. The van der Waals surface area contributed by atoms with E-state index >= 15 is 0 Å². The van der Waals surface area contributed by atoms with Crippen molar-refractivity contribution in [3.63, 3.8) is 0 Å². The van der Waals surface area contributed by atoms with E-state index in [1.54, 1.807) is 24.3 Å². The van der Waals surface area contributed by atoms with Gasteiger partial charge in [0.05, 0.1) is 27.5 Å². The summed E-state index contributed by atoms with van der Waals surface area (Å²) in [4.78, 5) is 19.9. The smallest absolute Gasteiger partial charge is 0.367 e. The average molecular weight is 437 g/mol. The third-order valence-electron chi connectivity index (χ3n) is 5.27. The second-order valence-electron chi connectivity index (χ2n) is 7.36. The first-order valence-corrected chi connectivity index (χ1v) is 9.83. The van der Waals surface area contributed by atoms with Crippen LogP contribution in [-0.2, 0) is 6.18 Å². The first-order valence-electron chi connectivity index (χ1n) is 9.46. The van der Waals surface area contributed by atoms with Crippen LogP contribution in [0.15, 0.2) is 42.5 Å². The SMILES string of the molecule is CN1CCN(c2ccc(C(F)(F)F)cc2NC(=O)c2cc3cccc(Cl)c3[nH]2)CC1. The number of benzene rings is 2. The lowest BCUT2D eigenvalue weighted by Gasteiger charge is -2.35. The Kier molecular flexibility index (Phi) is 5.38. The number of para-hydroxylation sites is 1. The molecule has 1 amide bonds. The van der Waals surface area contributed by atoms with Gasteiger partial charge in [-0.1, -0.05) is 23.7 Å². The summed E-state index contributed by atoms with van der Waals surface area (Å²) in [6, 6.07) is 10.3. The largest absolute Gasteiger partial charge is 0.416 e. The minimum Gasteiger partial charge on any atom is -0.367 e. The number of aromatic nitrogens is 1. The van der Waals surface area contributed by atoms with E-state index in [4.69, 9.17) is 11.6 Å². The number of anilines is 2. The predicted molar refractivity (Wildman–Crippen MR) is 112 cm³/mol. The summed E-state index contributed by atoms with van der Waals surface area (Å²) in [5.74, 6) is -0.531. The van der Waals surface area contributed by atoms with E-state index < -0.39 is 17.6 Å². The molecule has 1 fully saturated rings. The lowest BCUT2D eigenvalue weighted by atomic mass is 10.1. The Morgan fingerprint density at radius 1 is 1.10 bits per heavy atom. The van der Waals surface area contributed by atoms with E-state index in [1.807, 2.05) is 11.9 Å². The number of alkyl halides is 3. The molecule has 1 aliphatic heterocycles.